The average molecular weight is 477 g/mol. The predicted octanol–water partition coefficient (Wildman–Crippen LogP) is 6.39. The van der Waals surface area contributed by atoms with E-state index in [1.807, 2.05) is 79.7 Å². The Hall–Kier alpha value is -3.29. The van der Waals surface area contributed by atoms with Gasteiger partial charge in [0.2, 0.25) is 11.0 Å². The van der Waals surface area contributed by atoms with Crippen molar-refractivity contribution in [2.75, 3.05) is 11.9 Å². The SMILES string of the molecule is CCOc1ccc([C@@H]2Nc3ccccc3-c3nnc(SCc4ccccc4Cl)nc3O2)cc1. The minimum atomic E-state index is -0.443. The van der Waals surface area contributed by atoms with E-state index in [9.17, 15) is 0 Å². The van der Waals surface area contributed by atoms with E-state index >= 15 is 0 Å². The molecular weight excluding hydrogens is 456 g/mol. The van der Waals surface area contributed by atoms with Crippen LogP contribution in [0.15, 0.2) is 78.0 Å². The first-order valence-electron chi connectivity index (χ1n) is 10.6. The second kappa shape index (κ2) is 9.68. The lowest BCUT2D eigenvalue weighted by molar-refractivity contribution is 0.225. The Morgan fingerprint density at radius 1 is 1.00 bits per heavy atom. The Morgan fingerprint density at radius 3 is 2.61 bits per heavy atom. The van der Waals surface area contributed by atoms with Crippen LogP contribution >= 0.6 is 23.4 Å². The molecule has 0 unspecified atom stereocenters. The molecule has 166 valence electrons. The third-order valence-corrected chi connectivity index (χ3v) is 6.40. The molecule has 1 aliphatic heterocycles. The molecule has 0 spiro atoms. The van der Waals surface area contributed by atoms with Crippen LogP contribution in [0.3, 0.4) is 0 Å². The van der Waals surface area contributed by atoms with Gasteiger partial charge in [-0.2, -0.15) is 4.98 Å². The zero-order valence-corrected chi connectivity index (χ0v) is 19.4. The number of aromatic nitrogens is 3. The lowest BCUT2D eigenvalue weighted by Gasteiger charge is -2.19. The van der Waals surface area contributed by atoms with Crippen molar-refractivity contribution >= 4 is 29.1 Å². The molecule has 5 rings (SSSR count). The van der Waals surface area contributed by atoms with Crippen molar-refractivity contribution in [3.05, 3.63) is 88.9 Å². The van der Waals surface area contributed by atoms with Crippen LogP contribution in [-0.4, -0.2) is 21.8 Å². The van der Waals surface area contributed by atoms with E-state index in [1.165, 1.54) is 11.8 Å². The zero-order chi connectivity index (χ0) is 22.6. The molecule has 0 saturated carbocycles. The molecule has 0 bridgehead atoms. The molecule has 3 aromatic carbocycles. The quantitative estimate of drug-likeness (QED) is 0.323. The molecule has 2 heterocycles. The van der Waals surface area contributed by atoms with E-state index in [2.05, 4.69) is 15.5 Å². The van der Waals surface area contributed by atoms with E-state index in [1.54, 1.807) is 0 Å². The second-order valence-electron chi connectivity index (χ2n) is 7.32. The van der Waals surface area contributed by atoms with Gasteiger partial charge >= 0.3 is 0 Å². The van der Waals surface area contributed by atoms with Crippen LogP contribution in [0.25, 0.3) is 11.3 Å². The summed E-state index contributed by atoms with van der Waals surface area (Å²) >= 11 is 7.76. The van der Waals surface area contributed by atoms with Gasteiger partial charge in [-0.3, -0.25) is 0 Å². The van der Waals surface area contributed by atoms with Crippen LogP contribution in [0.2, 0.25) is 5.02 Å². The number of hydrogen-bond acceptors (Lipinski definition) is 7. The minimum Gasteiger partial charge on any atom is -0.494 e. The van der Waals surface area contributed by atoms with E-state index in [-0.39, 0.29) is 0 Å². The number of rotatable bonds is 6. The highest BCUT2D eigenvalue weighted by molar-refractivity contribution is 7.98. The standard InChI is InChI=1S/C25H21ClN4O2S/c1-2-31-18-13-11-16(12-14-18)23-27-21-10-6-4-8-19(21)22-24(32-23)28-25(30-29-22)33-15-17-7-3-5-9-20(17)26/h3-14,23,27H,2,15H2,1H3/t23-/m1/s1. The second-order valence-corrected chi connectivity index (χ2v) is 8.67. The van der Waals surface area contributed by atoms with Crippen LogP contribution < -0.4 is 14.8 Å². The molecule has 6 nitrogen and oxygen atoms in total. The summed E-state index contributed by atoms with van der Waals surface area (Å²) in [6.45, 7) is 2.58. The predicted molar refractivity (Wildman–Crippen MR) is 131 cm³/mol. The Kier molecular flexibility index (Phi) is 6.32. The summed E-state index contributed by atoms with van der Waals surface area (Å²) in [5.41, 5.74) is 4.37. The fraction of sp³-hybridized carbons (Fsp3) is 0.160. The van der Waals surface area contributed by atoms with E-state index in [0.717, 1.165) is 33.1 Å². The normalized spacial score (nSPS) is 14.3. The van der Waals surface area contributed by atoms with Crippen molar-refractivity contribution in [3.63, 3.8) is 0 Å². The average Bonchev–Trinajstić information content (AvgIpc) is 3.01. The molecule has 1 atom stereocenters. The lowest BCUT2D eigenvalue weighted by atomic mass is 10.1. The summed E-state index contributed by atoms with van der Waals surface area (Å²) in [6.07, 6.45) is -0.443. The molecular formula is C25H21ClN4O2S. The molecule has 0 fully saturated rings. The van der Waals surface area contributed by atoms with Crippen molar-refractivity contribution in [2.24, 2.45) is 0 Å². The first-order chi connectivity index (χ1) is 16.2. The number of ether oxygens (including phenoxy) is 2. The third kappa shape index (κ3) is 4.74. The fourth-order valence-corrected chi connectivity index (χ4v) is 4.59. The van der Waals surface area contributed by atoms with E-state index in [0.29, 0.717) is 29.1 Å². The largest absolute Gasteiger partial charge is 0.494 e. The van der Waals surface area contributed by atoms with Gasteiger partial charge in [0.1, 0.15) is 5.75 Å². The summed E-state index contributed by atoms with van der Waals surface area (Å²) in [7, 11) is 0. The van der Waals surface area contributed by atoms with Gasteiger partial charge in [0, 0.05) is 27.6 Å². The van der Waals surface area contributed by atoms with Crippen LogP contribution in [0.4, 0.5) is 5.69 Å². The van der Waals surface area contributed by atoms with Crippen molar-refractivity contribution < 1.29 is 9.47 Å². The molecule has 0 saturated heterocycles. The number of halogens is 1. The number of benzene rings is 3. The van der Waals surface area contributed by atoms with Gasteiger partial charge in [-0.1, -0.05) is 59.8 Å². The van der Waals surface area contributed by atoms with Crippen LogP contribution in [0.1, 0.15) is 24.3 Å². The van der Waals surface area contributed by atoms with Gasteiger partial charge in [0.05, 0.1) is 6.61 Å². The molecule has 1 N–H and O–H groups in total. The maximum atomic E-state index is 6.34. The van der Waals surface area contributed by atoms with Crippen LogP contribution in [-0.2, 0) is 5.75 Å². The summed E-state index contributed by atoms with van der Waals surface area (Å²) in [6, 6.07) is 23.5. The van der Waals surface area contributed by atoms with Gasteiger partial charge in [0.25, 0.3) is 0 Å². The number of anilines is 1. The van der Waals surface area contributed by atoms with Crippen molar-refractivity contribution in [1.29, 1.82) is 0 Å². The first kappa shape index (κ1) is 21.6. The molecule has 0 aliphatic carbocycles. The van der Waals surface area contributed by atoms with Gasteiger partial charge in [0.15, 0.2) is 11.9 Å². The van der Waals surface area contributed by atoms with Gasteiger partial charge in [-0.15, -0.1) is 10.2 Å². The summed E-state index contributed by atoms with van der Waals surface area (Å²) < 4.78 is 11.9. The Labute approximate surface area is 201 Å². The maximum absolute atomic E-state index is 6.34. The number of hydrogen-bond donors (Lipinski definition) is 1. The number of nitrogens with zero attached hydrogens (tertiary/aromatic N) is 3. The molecule has 0 radical (unpaired) electrons. The fourth-order valence-electron chi connectivity index (χ4n) is 3.52. The van der Waals surface area contributed by atoms with Gasteiger partial charge < -0.3 is 14.8 Å². The third-order valence-electron chi connectivity index (χ3n) is 5.14. The highest BCUT2D eigenvalue weighted by atomic mass is 35.5. The number of para-hydroxylation sites is 1. The monoisotopic (exact) mass is 476 g/mol. The molecule has 33 heavy (non-hydrogen) atoms. The van der Waals surface area contributed by atoms with Crippen LogP contribution in [0.5, 0.6) is 11.6 Å². The molecule has 1 aromatic heterocycles. The highest BCUT2D eigenvalue weighted by Gasteiger charge is 2.26. The molecule has 4 aromatic rings. The van der Waals surface area contributed by atoms with Crippen molar-refractivity contribution in [3.8, 4) is 22.9 Å². The lowest BCUT2D eigenvalue weighted by Crippen LogP contribution is -2.17. The highest BCUT2D eigenvalue weighted by Crippen LogP contribution is 2.40. The van der Waals surface area contributed by atoms with Gasteiger partial charge in [-0.25, -0.2) is 0 Å². The zero-order valence-electron chi connectivity index (χ0n) is 17.9. The topological polar surface area (TPSA) is 69.2 Å². The molecule has 8 heteroatoms. The summed E-state index contributed by atoms with van der Waals surface area (Å²) in [4.78, 5) is 4.70. The van der Waals surface area contributed by atoms with Gasteiger partial charge in [-0.05, 0) is 48.9 Å². The summed E-state index contributed by atoms with van der Waals surface area (Å²) in [5.74, 6) is 1.89. The van der Waals surface area contributed by atoms with Crippen molar-refractivity contribution in [1.82, 2.24) is 15.2 Å². The molecule has 1 aliphatic rings. The number of nitrogens with one attached hydrogen (secondary N) is 1. The smallest absolute Gasteiger partial charge is 0.247 e. The van der Waals surface area contributed by atoms with Crippen LogP contribution in [0, 0.1) is 0 Å². The minimum absolute atomic E-state index is 0.433. The Morgan fingerprint density at radius 2 is 1.79 bits per heavy atom. The Balaban J connectivity index is 1.46. The van der Waals surface area contributed by atoms with Crippen molar-refractivity contribution in [2.45, 2.75) is 24.1 Å². The summed E-state index contributed by atoms with van der Waals surface area (Å²) in [5, 5.41) is 13.5. The first-order valence-corrected chi connectivity index (χ1v) is 11.9. The molecule has 0 amide bonds. The van der Waals surface area contributed by atoms with E-state index < -0.39 is 6.23 Å². The maximum Gasteiger partial charge on any atom is 0.247 e. The Bertz CT molecular complexity index is 1270. The number of fused-ring (bicyclic) bond motifs is 3. The van der Waals surface area contributed by atoms with E-state index in [4.69, 9.17) is 26.1 Å². The number of thioether (sulfide) groups is 1.